The number of Topliss-reactive ketones (excluding diaryl/α,β-unsaturated/α-hetero) is 1. The molecule has 0 amide bonds. The van der Waals surface area contributed by atoms with Crippen molar-refractivity contribution in [2.24, 2.45) is 0 Å². The van der Waals surface area contributed by atoms with Crippen molar-refractivity contribution in [3.05, 3.63) is 29.8 Å². The van der Waals surface area contributed by atoms with Gasteiger partial charge in [0.1, 0.15) is 18.5 Å². The number of ketones is 1. The van der Waals surface area contributed by atoms with E-state index in [4.69, 9.17) is 4.74 Å². The average molecular weight is 302 g/mol. The molecule has 4 nitrogen and oxygen atoms in total. The Morgan fingerprint density at radius 3 is 2.45 bits per heavy atom. The van der Waals surface area contributed by atoms with E-state index in [2.05, 4.69) is 18.7 Å². The molecule has 0 saturated carbocycles. The summed E-state index contributed by atoms with van der Waals surface area (Å²) in [5.74, 6) is 0.502. The molecule has 0 radical (unpaired) electrons. The second-order valence-electron chi connectivity index (χ2n) is 4.50. The zero-order valence-electron chi connectivity index (χ0n) is 12.3. The summed E-state index contributed by atoms with van der Waals surface area (Å²) in [6.45, 7) is 8.20. The fourth-order valence-electron chi connectivity index (χ4n) is 1.90. The Morgan fingerprint density at radius 1 is 1.30 bits per heavy atom. The number of carbonyl (C=O) groups excluding carboxylic acids is 1. The van der Waals surface area contributed by atoms with Gasteiger partial charge in [0.2, 0.25) is 0 Å². The molecule has 5 heteroatoms. The highest BCUT2D eigenvalue weighted by atomic mass is 35.5. The van der Waals surface area contributed by atoms with Crippen LogP contribution in [0.2, 0.25) is 0 Å². The third-order valence-electron chi connectivity index (χ3n) is 3.06. The van der Waals surface area contributed by atoms with Gasteiger partial charge in [-0.15, -0.1) is 12.4 Å². The van der Waals surface area contributed by atoms with Crippen LogP contribution in [-0.4, -0.2) is 48.1 Å². The van der Waals surface area contributed by atoms with E-state index in [1.807, 2.05) is 6.07 Å². The normalized spacial score (nSPS) is 11.8. The lowest BCUT2D eigenvalue weighted by Crippen LogP contribution is -2.35. The lowest BCUT2D eigenvalue weighted by atomic mass is 10.1. The van der Waals surface area contributed by atoms with Crippen molar-refractivity contribution in [1.29, 1.82) is 0 Å². The van der Waals surface area contributed by atoms with Gasteiger partial charge in [-0.25, -0.2) is 0 Å². The summed E-state index contributed by atoms with van der Waals surface area (Å²) in [5.41, 5.74) is 0.553. The van der Waals surface area contributed by atoms with E-state index in [9.17, 15) is 9.90 Å². The molecular weight excluding hydrogens is 278 g/mol. The van der Waals surface area contributed by atoms with E-state index in [1.54, 1.807) is 18.2 Å². The lowest BCUT2D eigenvalue weighted by molar-refractivity contribution is 0.0708. The smallest absolute Gasteiger partial charge is 0.163 e. The number of para-hydroxylation sites is 1. The molecule has 20 heavy (non-hydrogen) atoms. The number of carbonyl (C=O) groups is 1. The van der Waals surface area contributed by atoms with E-state index in [1.165, 1.54) is 6.92 Å². The third-order valence-corrected chi connectivity index (χ3v) is 3.06. The number of aliphatic hydroxyl groups is 1. The number of halogens is 1. The molecule has 1 atom stereocenters. The molecule has 1 aromatic carbocycles. The molecule has 1 rings (SSSR count). The Kier molecular flexibility index (Phi) is 9.21. The first-order chi connectivity index (χ1) is 9.08. The maximum Gasteiger partial charge on any atom is 0.163 e. The Balaban J connectivity index is 0.00000361. The van der Waals surface area contributed by atoms with Crippen LogP contribution in [0.15, 0.2) is 24.3 Å². The highest BCUT2D eigenvalue weighted by Crippen LogP contribution is 2.18. The number of rotatable bonds is 8. The molecule has 0 saturated heterocycles. The molecule has 0 aliphatic carbocycles. The molecule has 1 aromatic rings. The number of likely N-dealkylation sites (N-methyl/N-ethyl adjacent to an activating group) is 1. The Hall–Kier alpha value is -1.10. The fourth-order valence-corrected chi connectivity index (χ4v) is 1.90. The zero-order valence-corrected chi connectivity index (χ0v) is 13.2. The second kappa shape index (κ2) is 9.75. The van der Waals surface area contributed by atoms with E-state index >= 15 is 0 Å². The molecule has 114 valence electrons. The van der Waals surface area contributed by atoms with Crippen molar-refractivity contribution in [1.82, 2.24) is 4.90 Å². The Bertz CT molecular complexity index is 408. The lowest BCUT2D eigenvalue weighted by Gasteiger charge is -2.22. The Morgan fingerprint density at radius 2 is 1.90 bits per heavy atom. The van der Waals surface area contributed by atoms with E-state index in [0.29, 0.717) is 17.9 Å². The van der Waals surface area contributed by atoms with Gasteiger partial charge in [0.15, 0.2) is 5.78 Å². The van der Waals surface area contributed by atoms with Crippen molar-refractivity contribution >= 4 is 18.2 Å². The van der Waals surface area contributed by atoms with Gasteiger partial charge < -0.3 is 14.7 Å². The van der Waals surface area contributed by atoms with Crippen molar-refractivity contribution < 1.29 is 14.6 Å². The maximum absolute atomic E-state index is 11.4. The van der Waals surface area contributed by atoms with Crippen LogP contribution in [0.5, 0.6) is 5.75 Å². The first-order valence-corrected chi connectivity index (χ1v) is 6.71. The minimum atomic E-state index is -0.556. The van der Waals surface area contributed by atoms with Gasteiger partial charge in [-0.1, -0.05) is 26.0 Å². The van der Waals surface area contributed by atoms with Gasteiger partial charge in [-0.05, 0) is 32.1 Å². The van der Waals surface area contributed by atoms with E-state index in [-0.39, 0.29) is 24.8 Å². The first kappa shape index (κ1) is 18.9. The Labute approximate surface area is 127 Å². The van der Waals surface area contributed by atoms with Crippen LogP contribution in [0.25, 0.3) is 0 Å². The standard InChI is InChI=1S/C15H23NO3.ClH/c1-4-16(5-2)10-13(18)11-19-15-9-7-6-8-14(15)12(3)17;/h6-9,13,18H,4-5,10-11H2,1-3H3;1H. The molecule has 0 bridgehead atoms. The molecule has 0 aromatic heterocycles. The summed E-state index contributed by atoms with van der Waals surface area (Å²) in [5, 5.41) is 9.92. The number of aliphatic hydroxyl groups excluding tert-OH is 1. The monoisotopic (exact) mass is 301 g/mol. The van der Waals surface area contributed by atoms with Gasteiger partial charge in [-0.3, -0.25) is 4.79 Å². The van der Waals surface area contributed by atoms with Gasteiger partial charge in [0, 0.05) is 6.54 Å². The van der Waals surface area contributed by atoms with Crippen LogP contribution in [-0.2, 0) is 0 Å². The summed E-state index contributed by atoms with van der Waals surface area (Å²) >= 11 is 0. The highest BCUT2D eigenvalue weighted by Gasteiger charge is 2.12. The average Bonchev–Trinajstić information content (AvgIpc) is 2.42. The number of benzene rings is 1. The summed E-state index contributed by atoms with van der Waals surface area (Å²) in [6.07, 6.45) is -0.556. The van der Waals surface area contributed by atoms with Crippen LogP contribution < -0.4 is 4.74 Å². The van der Waals surface area contributed by atoms with Crippen LogP contribution >= 0.6 is 12.4 Å². The summed E-state index contributed by atoms with van der Waals surface area (Å²) in [6, 6.07) is 7.10. The third kappa shape index (κ3) is 5.90. The molecular formula is C15H24ClNO3. The summed E-state index contributed by atoms with van der Waals surface area (Å²) < 4.78 is 5.55. The number of hydrogen-bond acceptors (Lipinski definition) is 4. The molecule has 0 aliphatic rings. The molecule has 0 fully saturated rings. The molecule has 1 N–H and O–H groups in total. The SMILES string of the molecule is CCN(CC)CC(O)COc1ccccc1C(C)=O.Cl. The second-order valence-corrected chi connectivity index (χ2v) is 4.50. The number of nitrogens with zero attached hydrogens (tertiary/aromatic N) is 1. The van der Waals surface area contributed by atoms with Crippen LogP contribution in [0.3, 0.4) is 0 Å². The number of hydrogen-bond donors (Lipinski definition) is 1. The van der Waals surface area contributed by atoms with Gasteiger partial charge >= 0.3 is 0 Å². The molecule has 0 aliphatic heterocycles. The van der Waals surface area contributed by atoms with Gasteiger partial charge in [0.25, 0.3) is 0 Å². The first-order valence-electron chi connectivity index (χ1n) is 6.71. The largest absolute Gasteiger partial charge is 0.490 e. The van der Waals surface area contributed by atoms with Gasteiger partial charge in [0.05, 0.1) is 5.56 Å². The molecule has 1 unspecified atom stereocenters. The topological polar surface area (TPSA) is 49.8 Å². The van der Waals surface area contributed by atoms with Gasteiger partial charge in [-0.2, -0.15) is 0 Å². The number of ether oxygens (including phenoxy) is 1. The van der Waals surface area contributed by atoms with Crippen molar-refractivity contribution in [2.75, 3.05) is 26.2 Å². The van der Waals surface area contributed by atoms with Crippen molar-refractivity contribution in [3.63, 3.8) is 0 Å². The minimum Gasteiger partial charge on any atom is -0.490 e. The molecule has 0 heterocycles. The van der Waals surface area contributed by atoms with Crippen molar-refractivity contribution in [3.8, 4) is 5.75 Å². The summed E-state index contributed by atoms with van der Waals surface area (Å²) in [7, 11) is 0. The predicted molar refractivity (Wildman–Crippen MR) is 83.0 cm³/mol. The van der Waals surface area contributed by atoms with E-state index < -0.39 is 6.10 Å². The van der Waals surface area contributed by atoms with Crippen LogP contribution in [0, 0.1) is 0 Å². The quantitative estimate of drug-likeness (QED) is 0.749. The maximum atomic E-state index is 11.4. The summed E-state index contributed by atoms with van der Waals surface area (Å²) in [4.78, 5) is 13.6. The van der Waals surface area contributed by atoms with Crippen LogP contribution in [0.4, 0.5) is 0 Å². The van der Waals surface area contributed by atoms with Crippen LogP contribution in [0.1, 0.15) is 31.1 Å². The predicted octanol–water partition coefficient (Wildman–Crippen LogP) is 2.39. The molecule has 0 spiro atoms. The van der Waals surface area contributed by atoms with E-state index in [0.717, 1.165) is 13.1 Å². The zero-order chi connectivity index (χ0) is 14.3. The highest BCUT2D eigenvalue weighted by molar-refractivity contribution is 5.96. The van der Waals surface area contributed by atoms with Crippen molar-refractivity contribution in [2.45, 2.75) is 26.9 Å². The minimum absolute atomic E-state index is 0. The fraction of sp³-hybridized carbons (Fsp3) is 0.533.